The van der Waals surface area contributed by atoms with Crippen LogP contribution in [-0.2, 0) is 4.79 Å². The maximum absolute atomic E-state index is 12.8. The van der Waals surface area contributed by atoms with E-state index >= 15 is 0 Å². The van der Waals surface area contributed by atoms with E-state index in [9.17, 15) is 9.59 Å². The van der Waals surface area contributed by atoms with E-state index in [0.29, 0.717) is 29.6 Å². The molecule has 128 valence electrons. The summed E-state index contributed by atoms with van der Waals surface area (Å²) in [7, 11) is 0. The van der Waals surface area contributed by atoms with E-state index in [1.165, 1.54) is 0 Å². The Balaban J connectivity index is 1.56. The molecule has 25 heavy (non-hydrogen) atoms. The van der Waals surface area contributed by atoms with Crippen molar-refractivity contribution in [1.29, 1.82) is 0 Å². The van der Waals surface area contributed by atoms with Crippen molar-refractivity contribution < 1.29 is 9.59 Å². The van der Waals surface area contributed by atoms with E-state index in [4.69, 9.17) is 0 Å². The van der Waals surface area contributed by atoms with E-state index in [1.54, 1.807) is 18.5 Å². The fourth-order valence-electron chi connectivity index (χ4n) is 3.84. The average Bonchev–Trinajstić information content (AvgIpc) is 2.66. The van der Waals surface area contributed by atoms with Gasteiger partial charge in [-0.1, -0.05) is 12.1 Å². The fraction of sp³-hybridized carbons (Fsp3) is 0.368. The number of amides is 2. The zero-order valence-electron chi connectivity index (χ0n) is 13.9. The normalized spacial score (nSPS) is 22.7. The van der Waals surface area contributed by atoms with Crippen LogP contribution in [-0.4, -0.2) is 28.3 Å². The van der Waals surface area contributed by atoms with Gasteiger partial charge >= 0.3 is 0 Å². The average molecular weight is 336 g/mol. The Labute approximate surface area is 145 Å². The molecule has 2 aliphatic rings. The number of carbonyl (C=O) groups is 2. The first-order chi connectivity index (χ1) is 12.2. The summed E-state index contributed by atoms with van der Waals surface area (Å²) in [6.45, 7) is 0.522. The number of piperidine rings is 1. The number of carbonyl (C=O) groups excluding carboxylic acids is 2. The van der Waals surface area contributed by atoms with E-state index in [1.807, 2.05) is 12.1 Å². The largest absolute Gasteiger partial charge is 0.351 e. The van der Waals surface area contributed by atoms with Crippen molar-refractivity contribution >= 4 is 22.8 Å². The first kappa shape index (κ1) is 15.7. The number of para-hydroxylation sites is 1. The Hall–Kier alpha value is -2.76. The van der Waals surface area contributed by atoms with E-state index in [-0.39, 0.29) is 17.2 Å². The van der Waals surface area contributed by atoms with Crippen LogP contribution >= 0.6 is 0 Å². The lowest BCUT2D eigenvalue weighted by atomic mass is 9.70. The van der Waals surface area contributed by atoms with Crippen molar-refractivity contribution in [2.24, 2.45) is 5.41 Å². The third-order valence-electron chi connectivity index (χ3n) is 5.21. The molecule has 1 unspecified atom stereocenters. The highest BCUT2D eigenvalue weighted by atomic mass is 16.2. The maximum atomic E-state index is 12.8. The van der Waals surface area contributed by atoms with Crippen molar-refractivity contribution in [3.05, 3.63) is 47.9 Å². The van der Waals surface area contributed by atoms with Gasteiger partial charge in [0.15, 0.2) is 0 Å². The Bertz CT molecular complexity index is 871. The van der Waals surface area contributed by atoms with Crippen LogP contribution in [0.3, 0.4) is 0 Å². The molecule has 1 aliphatic carbocycles. The van der Waals surface area contributed by atoms with Gasteiger partial charge in [0, 0.05) is 36.5 Å². The SMILES string of the molecule is O=C1CCC2(CNC(=O)c3cccc4nccnc34)CCCC=C2N1. The number of aromatic nitrogens is 2. The molecular formula is C19H20N4O2. The second-order valence-corrected chi connectivity index (χ2v) is 6.75. The lowest BCUT2D eigenvalue weighted by Crippen LogP contribution is -2.48. The van der Waals surface area contributed by atoms with Crippen molar-refractivity contribution in [2.75, 3.05) is 6.54 Å². The minimum absolute atomic E-state index is 0.0689. The highest BCUT2D eigenvalue weighted by molar-refractivity contribution is 6.04. The van der Waals surface area contributed by atoms with Crippen molar-refractivity contribution in [3.8, 4) is 0 Å². The summed E-state index contributed by atoms with van der Waals surface area (Å²) in [5, 5.41) is 6.07. The van der Waals surface area contributed by atoms with Crippen LogP contribution in [0.1, 0.15) is 42.5 Å². The Morgan fingerprint density at radius 1 is 1.24 bits per heavy atom. The topological polar surface area (TPSA) is 84.0 Å². The Morgan fingerprint density at radius 3 is 3.04 bits per heavy atom. The molecule has 4 rings (SSSR count). The molecule has 2 N–H and O–H groups in total. The molecule has 0 spiro atoms. The highest BCUT2D eigenvalue weighted by Crippen LogP contribution is 2.42. The minimum Gasteiger partial charge on any atom is -0.351 e. The van der Waals surface area contributed by atoms with Crippen LogP contribution in [0.15, 0.2) is 42.4 Å². The van der Waals surface area contributed by atoms with Gasteiger partial charge in [-0.2, -0.15) is 0 Å². The fourth-order valence-corrected chi connectivity index (χ4v) is 3.84. The molecule has 2 amide bonds. The predicted molar refractivity (Wildman–Crippen MR) is 93.6 cm³/mol. The summed E-state index contributed by atoms with van der Waals surface area (Å²) in [4.78, 5) is 33.0. The Morgan fingerprint density at radius 2 is 2.12 bits per heavy atom. The standard InChI is InChI=1S/C19H20N4O2/c24-16-7-9-19(8-2-1-6-15(19)23-16)12-22-18(25)13-4-3-5-14-17(13)21-11-10-20-14/h3-6,10-11H,1-2,7-9,12H2,(H,22,25)(H,23,24). The molecule has 6 heteroatoms. The molecule has 6 nitrogen and oxygen atoms in total. The molecule has 1 saturated heterocycles. The number of allylic oxidation sites excluding steroid dienone is 1. The summed E-state index contributed by atoms with van der Waals surface area (Å²) >= 11 is 0. The zero-order chi connectivity index (χ0) is 17.3. The van der Waals surface area contributed by atoms with Gasteiger partial charge in [0.05, 0.1) is 11.1 Å². The number of nitrogens with zero attached hydrogens (tertiary/aromatic N) is 2. The van der Waals surface area contributed by atoms with Gasteiger partial charge in [-0.15, -0.1) is 0 Å². The quantitative estimate of drug-likeness (QED) is 0.901. The number of benzene rings is 1. The highest BCUT2D eigenvalue weighted by Gasteiger charge is 2.40. The van der Waals surface area contributed by atoms with Gasteiger partial charge in [0.1, 0.15) is 5.52 Å². The number of rotatable bonds is 3. The molecule has 1 aliphatic heterocycles. The van der Waals surface area contributed by atoms with Crippen LogP contribution in [0.4, 0.5) is 0 Å². The van der Waals surface area contributed by atoms with E-state index in [2.05, 4.69) is 26.7 Å². The number of nitrogens with one attached hydrogen (secondary N) is 2. The molecule has 0 radical (unpaired) electrons. The molecule has 0 saturated carbocycles. The van der Waals surface area contributed by atoms with Gasteiger partial charge in [-0.25, -0.2) is 0 Å². The number of hydrogen-bond donors (Lipinski definition) is 2. The minimum atomic E-state index is -0.155. The third-order valence-corrected chi connectivity index (χ3v) is 5.21. The lowest BCUT2D eigenvalue weighted by molar-refractivity contribution is -0.122. The third kappa shape index (κ3) is 2.88. The van der Waals surface area contributed by atoms with Crippen LogP contribution in [0.25, 0.3) is 11.0 Å². The first-order valence-corrected chi connectivity index (χ1v) is 8.66. The number of hydrogen-bond acceptors (Lipinski definition) is 4. The smallest absolute Gasteiger partial charge is 0.253 e. The summed E-state index contributed by atoms with van der Waals surface area (Å²) in [6.07, 6.45) is 9.64. The van der Waals surface area contributed by atoms with Crippen molar-refractivity contribution in [1.82, 2.24) is 20.6 Å². The predicted octanol–water partition coefficient (Wildman–Crippen LogP) is 2.32. The van der Waals surface area contributed by atoms with E-state index in [0.717, 1.165) is 31.4 Å². The first-order valence-electron chi connectivity index (χ1n) is 8.66. The summed E-state index contributed by atoms with van der Waals surface area (Å²) in [5.74, 6) is -0.0817. The molecule has 0 bridgehead atoms. The Kier molecular flexibility index (Phi) is 3.95. The molecule has 1 aromatic carbocycles. The monoisotopic (exact) mass is 336 g/mol. The van der Waals surface area contributed by atoms with Crippen LogP contribution < -0.4 is 10.6 Å². The van der Waals surface area contributed by atoms with Gasteiger partial charge in [0.2, 0.25) is 5.91 Å². The summed E-state index contributed by atoms with van der Waals surface area (Å²) in [5.41, 5.74) is 2.67. The molecule has 2 heterocycles. The van der Waals surface area contributed by atoms with Crippen LogP contribution in [0.2, 0.25) is 0 Å². The molecule has 2 aromatic rings. The molecule has 1 fully saturated rings. The summed E-state index contributed by atoms with van der Waals surface area (Å²) in [6, 6.07) is 5.43. The van der Waals surface area contributed by atoms with Gasteiger partial charge in [-0.3, -0.25) is 19.6 Å². The molecule has 1 atom stereocenters. The molecular weight excluding hydrogens is 316 g/mol. The maximum Gasteiger partial charge on any atom is 0.253 e. The lowest BCUT2D eigenvalue weighted by Gasteiger charge is -2.42. The number of fused-ring (bicyclic) bond motifs is 2. The molecule has 1 aromatic heterocycles. The van der Waals surface area contributed by atoms with Gasteiger partial charge < -0.3 is 10.6 Å². The van der Waals surface area contributed by atoms with Crippen LogP contribution in [0.5, 0.6) is 0 Å². The van der Waals surface area contributed by atoms with Crippen molar-refractivity contribution in [3.63, 3.8) is 0 Å². The van der Waals surface area contributed by atoms with E-state index < -0.39 is 0 Å². The summed E-state index contributed by atoms with van der Waals surface area (Å²) < 4.78 is 0. The van der Waals surface area contributed by atoms with Crippen LogP contribution in [0, 0.1) is 5.41 Å². The second kappa shape index (κ2) is 6.27. The second-order valence-electron chi connectivity index (χ2n) is 6.75. The van der Waals surface area contributed by atoms with Gasteiger partial charge in [0.25, 0.3) is 5.91 Å². The van der Waals surface area contributed by atoms with Gasteiger partial charge in [-0.05, 0) is 37.8 Å². The zero-order valence-corrected chi connectivity index (χ0v) is 13.9. The van der Waals surface area contributed by atoms with Crippen molar-refractivity contribution in [2.45, 2.75) is 32.1 Å².